The number of amides is 2. The molecule has 2 amide bonds. The Bertz CT molecular complexity index is 2190. The molecule has 12 heteroatoms. The molecule has 268 valence electrons. The summed E-state index contributed by atoms with van der Waals surface area (Å²) in [6, 6.07) is 6.96. The number of carbonyl (C=O) groups is 2. The van der Waals surface area contributed by atoms with Gasteiger partial charge >= 0.3 is 0 Å². The molecule has 1 N–H and O–H groups in total. The van der Waals surface area contributed by atoms with Gasteiger partial charge in [-0.3, -0.25) is 9.59 Å². The number of aromatic nitrogens is 2. The van der Waals surface area contributed by atoms with Gasteiger partial charge in [0.05, 0.1) is 34.8 Å². The number of piperazine rings is 1. The summed E-state index contributed by atoms with van der Waals surface area (Å²) in [6.07, 6.45) is 12.7. The Balaban J connectivity index is 1.19. The Morgan fingerprint density at radius 3 is 2.47 bits per heavy atom. The molecule has 3 aromatic rings. The number of fused-ring (bicyclic) bond motifs is 8. The lowest BCUT2D eigenvalue weighted by molar-refractivity contribution is -0.141. The molecule has 2 saturated heterocycles. The van der Waals surface area contributed by atoms with E-state index >= 15 is 0 Å². The number of methoxy groups -OCH3 is 1. The highest BCUT2D eigenvalue weighted by atomic mass is 32.2. The highest BCUT2D eigenvalue weighted by molar-refractivity contribution is 7.92. The molecule has 10 nitrogen and oxygen atoms in total. The Labute approximate surface area is 303 Å². The second kappa shape index (κ2) is 12.2. The molecule has 6 aliphatic rings. The van der Waals surface area contributed by atoms with Gasteiger partial charge in [0.25, 0.3) is 15.9 Å². The summed E-state index contributed by atoms with van der Waals surface area (Å²) in [5.74, 6) is 0.142. The number of hydrogen-bond acceptors (Lipinski definition) is 8. The van der Waals surface area contributed by atoms with Crippen molar-refractivity contribution in [3.63, 3.8) is 0 Å². The highest BCUT2D eigenvalue weighted by Gasteiger charge is 2.51. The number of allylic oxidation sites excluding steroid dienone is 4. The molecule has 2 aromatic heterocycles. The van der Waals surface area contributed by atoms with Crippen molar-refractivity contribution in [1.82, 2.24) is 24.1 Å². The van der Waals surface area contributed by atoms with E-state index in [1.54, 1.807) is 21.0 Å². The van der Waals surface area contributed by atoms with Gasteiger partial charge in [-0.05, 0) is 93.3 Å². The van der Waals surface area contributed by atoms with Crippen molar-refractivity contribution in [2.75, 3.05) is 27.2 Å². The van der Waals surface area contributed by atoms with Crippen LogP contribution in [0.5, 0.6) is 5.75 Å². The summed E-state index contributed by atoms with van der Waals surface area (Å²) in [4.78, 5) is 37.8. The summed E-state index contributed by atoms with van der Waals surface area (Å²) < 4.78 is 37.8. The van der Waals surface area contributed by atoms with E-state index in [9.17, 15) is 18.0 Å². The fraction of sp³-hybridized carbons (Fsp3) is 0.513. The average molecular weight is 728 g/mol. The van der Waals surface area contributed by atoms with Crippen molar-refractivity contribution < 1.29 is 22.7 Å². The van der Waals surface area contributed by atoms with Crippen LogP contribution in [0.1, 0.15) is 85.2 Å². The SMILES string of the molecule is COc1ccc(C2CCCCC2)c2c1cc1n2CC2=C(C(=O)NS(=O)(=O)c3sc(C)nc3C)C2=C2C=CC[C@@H](C(=O)N3C4CCC3CN(C)C4)C21. The zero-order valence-corrected chi connectivity index (χ0v) is 31.3. The molecular weight excluding hydrogens is 683 g/mol. The summed E-state index contributed by atoms with van der Waals surface area (Å²) >= 11 is 1.06. The molecule has 2 bridgehead atoms. The Morgan fingerprint density at radius 1 is 1.04 bits per heavy atom. The third kappa shape index (κ3) is 5.26. The minimum absolute atomic E-state index is 0.0586. The standard InChI is InChI=1S/C39H45N5O5S2/c1-21-39(50-22(2)40-21)51(47,48)41-37(45)35-30-20-43-31(17-29-32(49-4)16-15-26(36(29)43)23-9-6-5-7-10-23)33-27(34(30)35)11-8-12-28(33)38(46)44-24-13-14-25(44)19-42(3)18-24/h8,11,15-17,23-25,28,33H,5-7,9-10,12-14,18-20H2,1-4H3,(H,41,45)/t24?,25?,28-,33?/m1/s1. The van der Waals surface area contributed by atoms with Gasteiger partial charge in [-0.1, -0.05) is 37.5 Å². The fourth-order valence-corrected chi connectivity index (χ4v) is 12.6. The van der Waals surface area contributed by atoms with Crippen molar-refractivity contribution in [3.05, 3.63) is 74.6 Å². The molecule has 3 aliphatic carbocycles. The van der Waals surface area contributed by atoms with Crippen molar-refractivity contribution in [2.24, 2.45) is 5.92 Å². The van der Waals surface area contributed by atoms with Crippen LogP contribution in [0, 0.1) is 19.8 Å². The number of nitrogens with zero attached hydrogens (tertiary/aromatic N) is 4. The zero-order valence-electron chi connectivity index (χ0n) is 29.7. The molecule has 0 spiro atoms. The minimum atomic E-state index is -4.13. The summed E-state index contributed by atoms with van der Waals surface area (Å²) in [5.41, 5.74) is 6.85. The van der Waals surface area contributed by atoms with Crippen LogP contribution >= 0.6 is 11.3 Å². The smallest absolute Gasteiger partial charge is 0.275 e. The van der Waals surface area contributed by atoms with Crippen LogP contribution in [-0.2, 0) is 26.2 Å². The Hall–Kier alpha value is -3.74. The van der Waals surface area contributed by atoms with E-state index in [-0.39, 0.29) is 34.0 Å². The average Bonchev–Trinajstić information content (AvgIpc) is 3.44. The van der Waals surface area contributed by atoms with Gasteiger partial charge in [0.15, 0.2) is 4.21 Å². The minimum Gasteiger partial charge on any atom is -0.496 e. The number of ether oxygens (including phenoxy) is 1. The second-order valence-electron chi connectivity index (χ2n) is 15.4. The summed E-state index contributed by atoms with van der Waals surface area (Å²) in [7, 11) is -0.275. The topological polar surface area (TPSA) is 114 Å². The molecule has 0 radical (unpaired) electrons. The van der Waals surface area contributed by atoms with Gasteiger partial charge in [0.2, 0.25) is 5.91 Å². The number of sulfonamides is 1. The number of aryl methyl sites for hydroxylation is 2. The maximum atomic E-state index is 14.9. The van der Waals surface area contributed by atoms with Gasteiger partial charge in [0, 0.05) is 48.7 Å². The second-order valence-corrected chi connectivity index (χ2v) is 18.5. The van der Waals surface area contributed by atoms with Gasteiger partial charge in [0.1, 0.15) is 5.75 Å². The lowest BCUT2D eigenvalue weighted by atomic mass is 9.75. The first-order valence-corrected chi connectivity index (χ1v) is 20.7. The van der Waals surface area contributed by atoms with E-state index in [2.05, 4.69) is 61.5 Å². The number of rotatable bonds is 6. The third-order valence-corrected chi connectivity index (χ3v) is 15.3. The molecule has 3 aliphatic heterocycles. The lowest BCUT2D eigenvalue weighted by Crippen LogP contribution is -2.56. The number of likely N-dealkylation sites (N-methyl/N-ethyl adjacent to an activating group) is 1. The van der Waals surface area contributed by atoms with E-state index in [0.29, 0.717) is 35.2 Å². The van der Waals surface area contributed by atoms with E-state index in [1.165, 1.54) is 24.8 Å². The Kier molecular flexibility index (Phi) is 7.90. The van der Waals surface area contributed by atoms with Gasteiger partial charge in [-0.15, -0.1) is 11.3 Å². The van der Waals surface area contributed by atoms with E-state index < -0.39 is 15.9 Å². The first-order valence-electron chi connectivity index (χ1n) is 18.4. The van der Waals surface area contributed by atoms with Crippen molar-refractivity contribution >= 4 is 44.1 Å². The number of nitrogens with one attached hydrogen (secondary N) is 1. The van der Waals surface area contributed by atoms with Crippen LogP contribution in [-0.4, -0.2) is 78.9 Å². The largest absolute Gasteiger partial charge is 0.496 e. The van der Waals surface area contributed by atoms with Crippen molar-refractivity contribution in [2.45, 2.75) is 99.9 Å². The zero-order chi connectivity index (χ0) is 35.3. The number of likely N-dealkylation sites (tertiary alicyclic amines) is 1. The monoisotopic (exact) mass is 727 g/mol. The first-order chi connectivity index (χ1) is 24.6. The molecule has 1 saturated carbocycles. The highest BCUT2D eigenvalue weighted by Crippen LogP contribution is 2.56. The van der Waals surface area contributed by atoms with Gasteiger partial charge in [-0.25, -0.2) is 18.1 Å². The van der Waals surface area contributed by atoms with Crippen LogP contribution in [0.4, 0.5) is 0 Å². The van der Waals surface area contributed by atoms with E-state index in [1.807, 2.05) is 0 Å². The lowest BCUT2D eigenvalue weighted by Gasteiger charge is -2.43. The van der Waals surface area contributed by atoms with E-state index in [4.69, 9.17) is 4.74 Å². The number of thiazole rings is 1. The predicted molar refractivity (Wildman–Crippen MR) is 196 cm³/mol. The van der Waals surface area contributed by atoms with Crippen LogP contribution < -0.4 is 9.46 Å². The van der Waals surface area contributed by atoms with Crippen LogP contribution in [0.3, 0.4) is 0 Å². The predicted octanol–water partition coefficient (Wildman–Crippen LogP) is 5.86. The maximum Gasteiger partial charge on any atom is 0.275 e. The van der Waals surface area contributed by atoms with Crippen LogP contribution in [0.2, 0.25) is 0 Å². The van der Waals surface area contributed by atoms with Crippen LogP contribution in [0.15, 0.2) is 56.9 Å². The number of hydrogen-bond donors (Lipinski definition) is 1. The molecule has 9 rings (SSSR count). The molecule has 3 unspecified atom stereocenters. The van der Waals surface area contributed by atoms with Gasteiger partial charge in [-0.2, -0.15) is 0 Å². The normalized spacial score (nSPS) is 26.2. The fourth-order valence-electron chi connectivity index (χ4n) is 10.2. The number of carbonyl (C=O) groups excluding carboxylic acids is 2. The van der Waals surface area contributed by atoms with Crippen molar-refractivity contribution in [1.29, 1.82) is 0 Å². The molecule has 4 atom stereocenters. The summed E-state index contributed by atoms with van der Waals surface area (Å²) in [6.45, 7) is 5.60. The van der Waals surface area contributed by atoms with Crippen molar-refractivity contribution in [3.8, 4) is 5.75 Å². The Morgan fingerprint density at radius 2 is 1.78 bits per heavy atom. The van der Waals surface area contributed by atoms with E-state index in [0.717, 1.165) is 89.2 Å². The molecule has 3 fully saturated rings. The molecule has 5 heterocycles. The van der Waals surface area contributed by atoms with Gasteiger partial charge < -0.3 is 19.1 Å². The number of benzene rings is 1. The summed E-state index contributed by atoms with van der Waals surface area (Å²) in [5, 5.41) is 1.66. The molecule has 51 heavy (non-hydrogen) atoms. The third-order valence-electron chi connectivity index (χ3n) is 12.3. The first kappa shape index (κ1) is 33.1. The molecule has 1 aromatic carbocycles. The van der Waals surface area contributed by atoms with Crippen LogP contribution in [0.25, 0.3) is 10.9 Å². The quantitative estimate of drug-likeness (QED) is 0.339. The maximum absolute atomic E-state index is 14.9. The molecular formula is C39H45N5O5S2.